The molecule has 1 aliphatic carbocycles. The number of hydrogen-bond acceptors (Lipinski definition) is 4. The van der Waals surface area contributed by atoms with E-state index in [2.05, 4.69) is 9.97 Å². The average molecular weight is 534 g/mol. The summed E-state index contributed by atoms with van der Waals surface area (Å²) in [6.07, 6.45) is 5.50. The summed E-state index contributed by atoms with van der Waals surface area (Å²) >= 11 is 0. The van der Waals surface area contributed by atoms with E-state index in [4.69, 9.17) is 0 Å². The molecular formula is C31H30F3N3O2. The number of pyridine rings is 1. The van der Waals surface area contributed by atoms with E-state index in [1.54, 1.807) is 13.0 Å². The van der Waals surface area contributed by atoms with Gasteiger partial charge in [0.25, 0.3) is 5.56 Å². The molecule has 0 aliphatic heterocycles. The van der Waals surface area contributed by atoms with Crippen LogP contribution in [0.3, 0.4) is 0 Å². The molecule has 5 nitrogen and oxygen atoms in total. The Labute approximate surface area is 225 Å². The SMILES string of the molecule is CCC(c1cc(F)cc(F)c1)n1c(CCC2CC2)nc(O)c(Cc2ccc(-c3ccnc(F)c3C)cc2)c1=O. The summed E-state index contributed by atoms with van der Waals surface area (Å²) in [6, 6.07) is 11.7. The fraction of sp³-hybridized carbons (Fsp3) is 0.323. The number of benzene rings is 2. The lowest BCUT2D eigenvalue weighted by molar-refractivity contribution is 0.418. The third-order valence-corrected chi connectivity index (χ3v) is 7.49. The van der Waals surface area contributed by atoms with E-state index < -0.39 is 29.2 Å². The van der Waals surface area contributed by atoms with E-state index in [1.807, 2.05) is 31.2 Å². The van der Waals surface area contributed by atoms with Gasteiger partial charge in [0.1, 0.15) is 17.5 Å². The van der Waals surface area contributed by atoms with Crippen molar-refractivity contribution >= 4 is 0 Å². The van der Waals surface area contributed by atoms with Crippen molar-refractivity contribution < 1.29 is 18.3 Å². The highest BCUT2D eigenvalue weighted by atomic mass is 19.1. The van der Waals surface area contributed by atoms with Crippen LogP contribution in [0.1, 0.15) is 66.7 Å². The molecule has 0 radical (unpaired) electrons. The molecule has 4 aromatic rings. The smallest absolute Gasteiger partial charge is 0.261 e. The molecular weight excluding hydrogens is 503 g/mol. The molecule has 2 heterocycles. The number of rotatable bonds is 9. The Morgan fingerprint density at radius 2 is 1.74 bits per heavy atom. The minimum Gasteiger partial charge on any atom is -0.493 e. The summed E-state index contributed by atoms with van der Waals surface area (Å²) in [6.45, 7) is 3.51. The molecule has 2 aromatic heterocycles. The summed E-state index contributed by atoms with van der Waals surface area (Å²) in [5.74, 6) is -1.31. The molecule has 202 valence electrons. The van der Waals surface area contributed by atoms with Gasteiger partial charge in [0, 0.05) is 30.7 Å². The molecule has 0 bridgehead atoms. The van der Waals surface area contributed by atoms with Gasteiger partial charge in [-0.05, 0) is 66.1 Å². The van der Waals surface area contributed by atoms with Crippen molar-refractivity contribution in [3.05, 3.63) is 111 Å². The van der Waals surface area contributed by atoms with Gasteiger partial charge in [0.2, 0.25) is 11.8 Å². The van der Waals surface area contributed by atoms with Crippen molar-refractivity contribution in [1.29, 1.82) is 0 Å². The van der Waals surface area contributed by atoms with Gasteiger partial charge in [-0.25, -0.2) is 13.8 Å². The fourth-order valence-corrected chi connectivity index (χ4v) is 5.16. The number of aromatic nitrogens is 3. The maximum absolute atomic E-state index is 14.1. The Morgan fingerprint density at radius 3 is 2.38 bits per heavy atom. The van der Waals surface area contributed by atoms with Gasteiger partial charge in [-0.3, -0.25) is 9.36 Å². The van der Waals surface area contributed by atoms with Gasteiger partial charge in [-0.15, -0.1) is 0 Å². The number of nitrogens with zero attached hydrogens (tertiary/aromatic N) is 3. The topological polar surface area (TPSA) is 68.0 Å². The highest BCUT2D eigenvalue weighted by molar-refractivity contribution is 5.66. The largest absolute Gasteiger partial charge is 0.493 e. The van der Waals surface area contributed by atoms with Crippen LogP contribution < -0.4 is 5.56 Å². The Morgan fingerprint density at radius 1 is 1.05 bits per heavy atom. The summed E-state index contributed by atoms with van der Waals surface area (Å²) in [5, 5.41) is 10.9. The van der Waals surface area contributed by atoms with Crippen molar-refractivity contribution in [3.8, 4) is 17.0 Å². The normalized spacial score (nSPS) is 14.0. The van der Waals surface area contributed by atoms with Crippen molar-refractivity contribution in [1.82, 2.24) is 14.5 Å². The molecule has 0 saturated heterocycles. The molecule has 2 aromatic carbocycles. The number of halogens is 3. The first-order valence-electron chi connectivity index (χ1n) is 13.2. The predicted octanol–water partition coefficient (Wildman–Crippen LogP) is 6.67. The molecule has 39 heavy (non-hydrogen) atoms. The first-order chi connectivity index (χ1) is 18.7. The van der Waals surface area contributed by atoms with Crippen LogP contribution in [0.5, 0.6) is 5.88 Å². The molecule has 1 unspecified atom stereocenters. The summed E-state index contributed by atoms with van der Waals surface area (Å²) < 4.78 is 43.7. The van der Waals surface area contributed by atoms with Crippen LogP contribution in [0.15, 0.2) is 59.5 Å². The molecule has 1 aliphatic rings. The third-order valence-electron chi connectivity index (χ3n) is 7.49. The second kappa shape index (κ2) is 11.0. The Bertz CT molecular complexity index is 1540. The summed E-state index contributed by atoms with van der Waals surface area (Å²) in [4.78, 5) is 22.0. The third kappa shape index (κ3) is 5.75. The maximum atomic E-state index is 14.1. The van der Waals surface area contributed by atoms with E-state index in [-0.39, 0.29) is 17.9 Å². The first kappa shape index (κ1) is 26.7. The van der Waals surface area contributed by atoms with Crippen molar-refractivity contribution in [2.24, 2.45) is 5.92 Å². The molecule has 5 rings (SSSR count). The van der Waals surface area contributed by atoms with Crippen molar-refractivity contribution in [2.45, 2.75) is 58.4 Å². The van der Waals surface area contributed by atoms with E-state index in [9.17, 15) is 23.1 Å². The Kier molecular flexibility index (Phi) is 7.55. The second-order valence-corrected chi connectivity index (χ2v) is 10.3. The predicted molar refractivity (Wildman–Crippen MR) is 143 cm³/mol. The lowest BCUT2D eigenvalue weighted by Gasteiger charge is -2.24. The number of aromatic hydroxyl groups is 1. The number of hydrogen-bond donors (Lipinski definition) is 1. The molecule has 1 N–H and O–H groups in total. The summed E-state index contributed by atoms with van der Waals surface area (Å²) in [5.41, 5.74) is 2.73. The Hall–Kier alpha value is -3.94. The zero-order valence-electron chi connectivity index (χ0n) is 21.9. The van der Waals surface area contributed by atoms with Gasteiger partial charge < -0.3 is 5.11 Å². The summed E-state index contributed by atoms with van der Waals surface area (Å²) in [7, 11) is 0. The van der Waals surface area contributed by atoms with Crippen LogP contribution in [0.25, 0.3) is 11.1 Å². The molecule has 1 fully saturated rings. The lowest BCUT2D eigenvalue weighted by Crippen LogP contribution is -2.32. The van der Waals surface area contributed by atoms with E-state index in [0.717, 1.165) is 36.5 Å². The van der Waals surface area contributed by atoms with Crippen LogP contribution in [-0.4, -0.2) is 19.6 Å². The van der Waals surface area contributed by atoms with Crippen molar-refractivity contribution in [2.75, 3.05) is 0 Å². The first-order valence-corrected chi connectivity index (χ1v) is 13.2. The lowest BCUT2D eigenvalue weighted by atomic mass is 9.98. The minimum atomic E-state index is -0.715. The average Bonchev–Trinajstić information content (AvgIpc) is 3.73. The molecule has 0 amide bonds. The molecule has 1 atom stereocenters. The molecule has 1 saturated carbocycles. The van der Waals surface area contributed by atoms with E-state index in [1.165, 1.54) is 22.9 Å². The standard InChI is InChI=1S/C31H30F3N3O2/c1-3-27(22-15-23(32)17-24(33)16-22)37-28(11-8-19-4-5-19)36-30(38)26(31(37)39)14-20-6-9-21(10-7-20)25-12-13-35-29(34)18(25)2/h6-7,9-10,12-13,15-17,19,27,38H,3-5,8,11,14H2,1-2H3. The minimum absolute atomic E-state index is 0.110. The van der Waals surface area contributed by atoms with Crippen LogP contribution >= 0.6 is 0 Å². The van der Waals surface area contributed by atoms with Gasteiger partial charge >= 0.3 is 0 Å². The van der Waals surface area contributed by atoms with Crippen LogP contribution in [0, 0.1) is 30.4 Å². The van der Waals surface area contributed by atoms with Crippen LogP contribution in [-0.2, 0) is 12.8 Å². The highest BCUT2D eigenvalue weighted by Crippen LogP contribution is 2.34. The van der Waals surface area contributed by atoms with Gasteiger partial charge in [0.15, 0.2) is 0 Å². The monoisotopic (exact) mass is 533 g/mol. The van der Waals surface area contributed by atoms with Crippen molar-refractivity contribution in [3.63, 3.8) is 0 Å². The fourth-order valence-electron chi connectivity index (χ4n) is 5.16. The van der Waals surface area contributed by atoms with E-state index >= 15 is 0 Å². The van der Waals surface area contributed by atoms with Gasteiger partial charge in [0.05, 0.1) is 11.6 Å². The van der Waals surface area contributed by atoms with Crippen LogP contribution in [0.2, 0.25) is 0 Å². The number of aryl methyl sites for hydroxylation is 1. The second-order valence-electron chi connectivity index (χ2n) is 10.3. The van der Waals surface area contributed by atoms with Gasteiger partial charge in [-0.2, -0.15) is 9.37 Å². The quantitative estimate of drug-likeness (QED) is 0.244. The molecule has 0 spiro atoms. The maximum Gasteiger partial charge on any atom is 0.261 e. The van der Waals surface area contributed by atoms with Gasteiger partial charge in [-0.1, -0.05) is 44.0 Å². The van der Waals surface area contributed by atoms with Crippen LogP contribution in [0.4, 0.5) is 13.2 Å². The molecule has 8 heteroatoms. The highest BCUT2D eigenvalue weighted by Gasteiger charge is 2.26. The van der Waals surface area contributed by atoms with E-state index in [0.29, 0.717) is 41.3 Å². The Balaban J connectivity index is 1.53. The zero-order valence-corrected chi connectivity index (χ0v) is 21.9. The zero-order chi connectivity index (χ0) is 27.7.